The van der Waals surface area contributed by atoms with Gasteiger partial charge in [0, 0.05) is 19.3 Å². The molecule has 0 aliphatic carbocycles. The zero-order chi connectivity index (χ0) is 54.3. The summed E-state index contributed by atoms with van der Waals surface area (Å²) in [6.07, 6.45) is 78.2. The van der Waals surface area contributed by atoms with Crippen LogP contribution >= 0.6 is 0 Å². The van der Waals surface area contributed by atoms with Crippen LogP contribution in [0.1, 0.15) is 380 Å². The highest BCUT2D eigenvalue weighted by molar-refractivity contribution is 5.71. The molecule has 1 unspecified atom stereocenters. The van der Waals surface area contributed by atoms with Crippen molar-refractivity contribution in [3.8, 4) is 0 Å². The molecule has 0 rings (SSSR count). The van der Waals surface area contributed by atoms with Crippen LogP contribution in [0.3, 0.4) is 0 Å². The molecular weight excluding hydrogens is 925 g/mol. The van der Waals surface area contributed by atoms with Crippen molar-refractivity contribution in [2.75, 3.05) is 13.2 Å². The van der Waals surface area contributed by atoms with Crippen LogP contribution in [0.5, 0.6) is 0 Å². The van der Waals surface area contributed by atoms with E-state index in [0.29, 0.717) is 19.3 Å². The van der Waals surface area contributed by atoms with Gasteiger partial charge in [-0.15, -0.1) is 0 Å². The number of ether oxygens (including phenoxy) is 3. The summed E-state index contributed by atoms with van der Waals surface area (Å²) in [4.78, 5) is 38.0. The lowest BCUT2D eigenvalue weighted by Crippen LogP contribution is -2.30. The number of hydrogen-bond donors (Lipinski definition) is 0. The average molecular weight is 1060 g/mol. The molecular formula is C69H130O6. The Balaban J connectivity index is 3.89. The molecule has 0 N–H and O–H groups in total. The number of esters is 3. The van der Waals surface area contributed by atoms with Crippen LogP contribution in [0.2, 0.25) is 0 Å². The Hall–Kier alpha value is -2.11. The van der Waals surface area contributed by atoms with Crippen molar-refractivity contribution in [3.63, 3.8) is 0 Å². The molecule has 442 valence electrons. The van der Waals surface area contributed by atoms with Gasteiger partial charge in [-0.25, -0.2) is 0 Å². The summed E-state index contributed by atoms with van der Waals surface area (Å²) in [7, 11) is 0. The standard InChI is InChI=1S/C69H130O6/c1-4-7-10-13-16-18-20-22-24-25-26-27-28-29-30-31-32-33-34-35-36-37-38-39-40-41-42-43-45-46-48-50-53-56-59-62-68(71)74-65-66(64-73-67(70)61-58-55-52-15-12-9-6-3)75-69(72)63-60-57-54-51-49-47-44-23-21-19-17-14-11-8-5-2/h20,22,25-26,66H,4-19,21,23-24,27-65H2,1-3H3/b22-20-,26-25-. The van der Waals surface area contributed by atoms with Gasteiger partial charge in [-0.2, -0.15) is 0 Å². The molecule has 0 aromatic carbocycles. The molecule has 0 amide bonds. The summed E-state index contributed by atoms with van der Waals surface area (Å²) < 4.78 is 16.8. The van der Waals surface area contributed by atoms with E-state index in [4.69, 9.17) is 14.2 Å². The first-order valence-electron chi connectivity index (χ1n) is 33.8. The second kappa shape index (κ2) is 64.4. The molecule has 0 saturated carbocycles. The largest absolute Gasteiger partial charge is 0.462 e. The zero-order valence-corrected chi connectivity index (χ0v) is 50.8. The van der Waals surface area contributed by atoms with Gasteiger partial charge in [-0.1, -0.05) is 334 Å². The Bertz CT molecular complexity index is 1210. The number of unbranched alkanes of at least 4 members (excludes halogenated alkanes) is 48. The average Bonchev–Trinajstić information content (AvgIpc) is 3.41. The van der Waals surface area contributed by atoms with Crippen molar-refractivity contribution in [3.05, 3.63) is 24.3 Å². The highest BCUT2D eigenvalue weighted by Gasteiger charge is 2.19. The van der Waals surface area contributed by atoms with Crippen molar-refractivity contribution in [1.82, 2.24) is 0 Å². The summed E-state index contributed by atoms with van der Waals surface area (Å²) >= 11 is 0. The number of hydrogen-bond acceptors (Lipinski definition) is 6. The first-order chi connectivity index (χ1) is 37.0. The van der Waals surface area contributed by atoms with Gasteiger partial charge in [0.05, 0.1) is 0 Å². The van der Waals surface area contributed by atoms with Crippen LogP contribution < -0.4 is 0 Å². The molecule has 0 aliphatic rings. The summed E-state index contributed by atoms with van der Waals surface area (Å²) in [5, 5.41) is 0. The Kier molecular flexibility index (Phi) is 62.6. The van der Waals surface area contributed by atoms with E-state index in [0.717, 1.165) is 64.2 Å². The molecule has 6 heteroatoms. The topological polar surface area (TPSA) is 78.9 Å². The monoisotopic (exact) mass is 1050 g/mol. The van der Waals surface area contributed by atoms with Crippen LogP contribution in [0.25, 0.3) is 0 Å². The van der Waals surface area contributed by atoms with Crippen LogP contribution in [0, 0.1) is 0 Å². The van der Waals surface area contributed by atoms with Gasteiger partial charge in [0.25, 0.3) is 0 Å². The maximum atomic E-state index is 12.8. The first kappa shape index (κ1) is 72.9. The molecule has 0 fully saturated rings. The summed E-state index contributed by atoms with van der Waals surface area (Å²) in [6.45, 7) is 6.65. The van der Waals surface area contributed by atoms with Crippen molar-refractivity contribution >= 4 is 17.9 Å². The minimum absolute atomic E-state index is 0.0638. The summed E-state index contributed by atoms with van der Waals surface area (Å²) in [5.74, 6) is -0.844. The smallest absolute Gasteiger partial charge is 0.306 e. The van der Waals surface area contributed by atoms with Crippen LogP contribution in [-0.2, 0) is 28.6 Å². The van der Waals surface area contributed by atoms with Crippen molar-refractivity contribution < 1.29 is 28.6 Å². The van der Waals surface area contributed by atoms with Gasteiger partial charge in [0.2, 0.25) is 0 Å². The van der Waals surface area contributed by atoms with Crippen LogP contribution in [0.15, 0.2) is 24.3 Å². The molecule has 75 heavy (non-hydrogen) atoms. The van der Waals surface area contributed by atoms with Crippen molar-refractivity contribution in [1.29, 1.82) is 0 Å². The van der Waals surface area contributed by atoms with E-state index in [2.05, 4.69) is 45.1 Å². The van der Waals surface area contributed by atoms with E-state index < -0.39 is 6.10 Å². The minimum atomic E-state index is -0.762. The Morgan fingerprint density at radius 1 is 0.267 bits per heavy atom. The Labute approximate surface area is 468 Å². The van der Waals surface area contributed by atoms with Gasteiger partial charge in [0.1, 0.15) is 13.2 Å². The highest BCUT2D eigenvalue weighted by atomic mass is 16.6. The SMILES string of the molecule is CCCCCCC/C=C\C/C=C\CCCCCCCCCCCCCCCCCCCCCCCCCC(=O)OCC(COC(=O)CCCCCCCCC)OC(=O)CCCCCCCCCCCCCCCCC. The molecule has 0 bridgehead atoms. The third-order valence-corrected chi connectivity index (χ3v) is 15.5. The third-order valence-electron chi connectivity index (χ3n) is 15.5. The molecule has 0 aromatic heterocycles. The maximum Gasteiger partial charge on any atom is 0.306 e. The lowest BCUT2D eigenvalue weighted by molar-refractivity contribution is -0.167. The molecule has 1 atom stereocenters. The van der Waals surface area contributed by atoms with E-state index in [9.17, 15) is 14.4 Å². The second-order valence-corrected chi connectivity index (χ2v) is 23.1. The van der Waals surface area contributed by atoms with Gasteiger partial charge in [-0.3, -0.25) is 14.4 Å². The maximum absolute atomic E-state index is 12.8. The van der Waals surface area contributed by atoms with Crippen LogP contribution in [-0.4, -0.2) is 37.2 Å². The number of rotatable bonds is 63. The van der Waals surface area contributed by atoms with Crippen molar-refractivity contribution in [2.24, 2.45) is 0 Å². The first-order valence-corrected chi connectivity index (χ1v) is 33.8. The molecule has 0 radical (unpaired) electrons. The second-order valence-electron chi connectivity index (χ2n) is 23.1. The lowest BCUT2D eigenvalue weighted by atomic mass is 10.0. The minimum Gasteiger partial charge on any atom is -0.462 e. The Morgan fingerprint density at radius 2 is 0.480 bits per heavy atom. The number of allylic oxidation sites excluding steroid dienone is 4. The fourth-order valence-electron chi connectivity index (χ4n) is 10.4. The van der Waals surface area contributed by atoms with Gasteiger partial charge >= 0.3 is 17.9 Å². The predicted octanol–water partition coefficient (Wildman–Crippen LogP) is 23.0. The van der Waals surface area contributed by atoms with E-state index in [-0.39, 0.29) is 31.1 Å². The quantitative estimate of drug-likeness (QED) is 0.0261. The Morgan fingerprint density at radius 3 is 0.733 bits per heavy atom. The molecule has 0 aromatic rings. The van der Waals surface area contributed by atoms with Crippen molar-refractivity contribution in [2.45, 2.75) is 386 Å². The van der Waals surface area contributed by atoms with Crippen LogP contribution in [0.4, 0.5) is 0 Å². The van der Waals surface area contributed by atoms with Gasteiger partial charge in [-0.05, 0) is 51.4 Å². The van der Waals surface area contributed by atoms with E-state index in [1.54, 1.807) is 0 Å². The zero-order valence-electron chi connectivity index (χ0n) is 50.8. The molecule has 6 nitrogen and oxygen atoms in total. The fourth-order valence-corrected chi connectivity index (χ4v) is 10.4. The molecule has 0 heterocycles. The summed E-state index contributed by atoms with van der Waals surface area (Å²) in [6, 6.07) is 0. The van der Waals surface area contributed by atoms with E-state index in [1.807, 2.05) is 0 Å². The third kappa shape index (κ3) is 62.6. The molecule has 0 aliphatic heterocycles. The van der Waals surface area contributed by atoms with E-state index >= 15 is 0 Å². The number of carbonyl (C=O) groups is 3. The number of carbonyl (C=O) groups excluding carboxylic acids is 3. The normalized spacial score (nSPS) is 12.1. The molecule has 0 saturated heterocycles. The van der Waals surface area contributed by atoms with E-state index in [1.165, 1.54) is 276 Å². The summed E-state index contributed by atoms with van der Waals surface area (Å²) in [5.41, 5.74) is 0. The highest BCUT2D eigenvalue weighted by Crippen LogP contribution is 2.18. The lowest BCUT2D eigenvalue weighted by Gasteiger charge is -2.18. The van der Waals surface area contributed by atoms with Gasteiger partial charge in [0.15, 0.2) is 6.10 Å². The fraction of sp³-hybridized carbons (Fsp3) is 0.899. The predicted molar refractivity (Wildman–Crippen MR) is 326 cm³/mol. The van der Waals surface area contributed by atoms with Gasteiger partial charge < -0.3 is 14.2 Å². The molecule has 0 spiro atoms.